The highest BCUT2D eigenvalue weighted by molar-refractivity contribution is 7.92. The van der Waals surface area contributed by atoms with E-state index < -0.39 is 19.9 Å². The second kappa shape index (κ2) is 11.9. The van der Waals surface area contributed by atoms with Crippen molar-refractivity contribution in [2.24, 2.45) is 5.92 Å². The van der Waals surface area contributed by atoms with Gasteiger partial charge in [-0.25, -0.2) is 26.8 Å². The van der Waals surface area contributed by atoms with E-state index in [1.165, 1.54) is 31.3 Å². The van der Waals surface area contributed by atoms with Gasteiger partial charge in [-0.1, -0.05) is 18.2 Å². The standard InChI is InChI=1S/C29H31N5O6S2/c1-30-29(35)20-8-11-23(12-9-20)42(38,39)34-28-27(31-24-5-3-4-6-25(24)32-28)33-26-18-22(40-2)10-7-21(26)17-19-13-15-41(36,37)16-14-19/h3-12,18-19H,13-17H2,1-2H3,(H,30,35)(H,31,33)(H,32,34). The maximum absolute atomic E-state index is 13.4. The molecule has 1 aromatic heterocycles. The minimum absolute atomic E-state index is 0.0124. The lowest BCUT2D eigenvalue weighted by molar-refractivity contribution is 0.0963. The summed E-state index contributed by atoms with van der Waals surface area (Å²) >= 11 is 0. The van der Waals surface area contributed by atoms with Crippen molar-refractivity contribution in [3.05, 3.63) is 77.9 Å². The van der Waals surface area contributed by atoms with Crippen LogP contribution < -0.4 is 20.1 Å². The third-order valence-electron chi connectivity index (χ3n) is 7.21. The third-order valence-corrected chi connectivity index (χ3v) is 10.3. The molecule has 3 aromatic carbocycles. The highest BCUT2D eigenvalue weighted by Crippen LogP contribution is 2.33. The lowest BCUT2D eigenvalue weighted by Gasteiger charge is -2.23. The van der Waals surface area contributed by atoms with E-state index in [1.54, 1.807) is 31.4 Å². The van der Waals surface area contributed by atoms with Crippen molar-refractivity contribution in [1.29, 1.82) is 0 Å². The largest absolute Gasteiger partial charge is 0.497 e. The molecule has 1 amide bonds. The van der Waals surface area contributed by atoms with Crippen molar-refractivity contribution in [2.45, 2.75) is 24.2 Å². The zero-order chi connectivity index (χ0) is 29.9. The average Bonchev–Trinajstić information content (AvgIpc) is 2.98. The van der Waals surface area contributed by atoms with Gasteiger partial charge < -0.3 is 15.4 Å². The van der Waals surface area contributed by atoms with Crippen molar-refractivity contribution in [3.63, 3.8) is 0 Å². The van der Waals surface area contributed by atoms with E-state index in [9.17, 15) is 21.6 Å². The molecular formula is C29H31N5O6S2. The van der Waals surface area contributed by atoms with Gasteiger partial charge in [-0.15, -0.1) is 0 Å². The van der Waals surface area contributed by atoms with E-state index in [4.69, 9.17) is 4.74 Å². The number of amides is 1. The van der Waals surface area contributed by atoms with Gasteiger partial charge >= 0.3 is 0 Å². The molecule has 0 unspecified atom stereocenters. The Balaban J connectivity index is 1.50. The number of carbonyl (C=O) groups is 1. The first kappa shape index (κ1) is 29.3. The lowest BCUT2D eigenvalue weighted by atomic mass is 9.93. The van der Waals surface area contributed by atoms with Crippen LogP contribution in [0.25, 0.3) is 11.0 Å². The van der Waals surface area contributed by atoms with Crippen LogP contribution in [0.15, 0.2) is 71.6 Å². The summed E-state index contributed by atoms with van der Waals surface area (Å²) in [6.45, 7) is 0. The van der Waals surface area contributed by atoms with Crippen LogP contribution in [-0.4, -0.2) is 58.4 Å². The maximum Gasteiger partial charge on any atom is 0.263 e. The lowest BCUT2D eigenvalue weighted by Crippen LogP contribution is -2.24. The Labute approximate surface area is 244 Å². The first-order valence-corrected chi connectivity index (χ1v) is 16.6. The molecule has 5 rings (SSSR count). The number of nitrogens with zero attached hydrogens (tertiary/aromatic N) is 2. The van der Waals surface area contributed by atoms with Crippen molar-refractivity contribution in [1.82, 2.24) is 15.3 Å². The second-order valence-electron chi connectivity index (χ2n) is 10.1. The molecule has 220 valence electrons. The molecule has 1 aliphatic rings. The smallest absolute Gasteiger partial charge is 0.263 e. The number of para-hydroxylation sites is 2. The van der Waals surface area contributed by atoms with E-state index in [1.807, 2.05) is 18.2 Å². The Hall–Kier alpha value is -4.23. The molecule has 1 aliphatic heterocycles. The number of hydrogen-bond donors (Lipinski definition) is 3. The Kier molecular flexibility index (Phi) is 8.32. The van der Waals surface area contributed by atoms with Crippen LogP contribution in [0, 0.1) is 5.92 Å². The molecule has 0 spiro atoms. The van der Waals surface area contributed by atoms with Crippen LogP contribution in [0.1, 0.15) is 28.8 Å². The summed E-state index contributed by atoms with van der Waals surface area (Å²) in [4.78, 5) is 21.1. The Morgan fingerprint density at radius 3 is 2.21 bits per heavy atom. The molecule has 0 atom stereocenters. The number of methoxy groups -OCH3 is 1. The number of nitrogens with one attached hydrogen (secondary N) is 3. The minimum Gasteiger partial charge on any atom is -0.497 e. The summed E-state index contributed by atoms with van der Waals surface area (Å²) in [6, 6.07) is 18.2. The molecule has 1 saturated heterocycles. The van der Waals surface area contributed by atoms with E-state index in [0.717, 1.165) is 5.56 Å². The number of sulfonamides is 1. The van der Waals surface area contributed by atoms with Crippen molar-refractivity contribution >= 4 is 54.1 Å². The highest BCUT2D eigenvalue weighted by atomic mass is 32.2. The summed E-state index contributed by atoms with van der Waals surface area (Å²) in [6.07, 6.45) is 1.78. The number of carbonyl (C=O) groups excluding carboxylic acids is 1. The number of aromatic nitrogens is 2. The molecular weight excluding hydrogens is 578 g/mol. The van der Waals surface area contributed by atoms with Crippen molar-refractivity contribution in [3.8, 4) is 5.75 Å². The fraction of sp³-hybridized carbons (Fsp3) is 0.276. The number of anilines is 3. The van der Waals surface area contributed by atoms with E-state index in [-0.39, 0.29) is 39.9 Å². The van der Waals surface area contributed by atoms with Crippen LogP contribution >= 0.6 is 0 Å². The Morgan fingerprint density at radius 2 is 1.60 bits per heavy atom. The third kappa shape index (κ3) is 6.63. The molecule has 13 heteroatoms. The zero-order valence-corrected chi connectivity index (χ0v) is 24.8. The molecule has 0 aliphatic carbocycles. The molecule has 0 bridgehead atoms. The Morgan fingerprint density at radius 1 is 0.952 bits per heavy atom. The predicted molar refractivity (Wildman–Crippen MR) is 162 cm³/mol. The van der Waals surface area contributed by atoms with E-state index >= 15 is 0 Å². The summed E-state index contributed by atoms with van der Waals surface area (Å²) in [5.41, 5.74) is 2.92. The fourth-order valence-electron chi connectivity index (χ4n) is 4.83. The number of benzene rings is 3. The zero-order valence-electron chi connectivity index (χ0n) is 23.1. The monoisotopic (exact) mass is 609 g/mol. The van der Waals surface area contributed by atoms with Crippen LogP contribution in [0.3, 0.4) is 0 Å². The maximum atomic E-state index is 13.4. The summed E-state index contributed by atoms with van der Waals surface area (Å²) < 4.78 is 58.7. The van der Waals surface area contributed by atoms with Gasteiger partial charge in [-0.2, -0.15) is 0 Å². The number of hydrogen-bond acceptors (Lipinski definition) is 9. The van der Waals surface area contributed by atoms with Crippen LogP contribution in [0.2, 0.25) is 0 Å². The molecule has 42 heavy (non-hydrogen) atoms. The normalized spacial score (nSPS) is 15.2. The minimum atomic E-state index is -4.11. The van der Waals surface area contributed by atoms with E-state index in [0.29, 0.717) is 47.3 Å². The molecule has 1 fully saturated rings. The molecule has 0 radical (unpaired) electrons. The van der Waals surface area contributed by atoms with Gasteiger partial charge in [-0.3, -0.25) is 9.52 Å². The molecule has 11 nitrogen and oxygen atoms in total. The number of fused-ring (bicyclic) bond motifs is 1. The number of rotatable bonds is 9. The predicted octanol–water partition coefficient (Wildman–Crippen LogP) is 3.91. The second-order valence-corrected chi connectivity index (χ2v) is 14.1. The molecule has 4 aromatic rings. The fourth-order valence-corrected chi connectivity index (χ4v) is 7.43. The van der Waals surface area contributed by atoms with Gasteiger partial charge in [0.1, 0.15) is 15.6 Å². The quantitative estimate of drug-likeness (QED) is 0.256. The summed E-state index contributed by atoms with van der Waals surface area (Å²) in [5, 5.41) is 5.77. The average molecular weight is 610 g/mol. The van der Waals surface area contributed by atoms with Gasteiger partial charge in [0.2, 0.25) is 0 Å². The molecule has 3 N–H and O–H groups in total. The first-order valence-electron chi connectivity index (χ1n) is 13.3. The molecule has 0 saturated carbocycles. The van der Waals surface area contributed by atoms with Crippen LogP contribution in [0.5, 0.6) is 5.75 Å². The van der Waals surface area contributed by atoms with Crippen LogP contribution in [-0.2, 0) is 26.3 Å². The van der Waals surface area contributed by atoms with Gasteiger partial charge in [0.05, 0.1) is 34.5 Å². The Bertz CT molecular complexity index is 1830. The van der Waals surface area contributed by atoms with Gasteiger partial charge in [0.25, 0.3) is 15.9 Å². The number of sulfone groups is 1. The topological polar surface area (TPSA) is 156 Å². The summed E-state index contributed by atoms with van der Waals surface area (Å²) in [7, 11) is -4.05. The summed E-state index contributed by atoms with van der Waals surface area (Å²) in [5.74, 6) is 0.940. The SMILES string of the molecule is CNC(=O)c1ccc(S(=O)(=O)Nc2nc3ccccc3nc2Nc2cc(OC)ccc2CC2CCS(=O)(=O)CC2)cc1. The number of ether oxygens (including phenoxy) is 1. The van der Waals surface area contributed by atoms with Gasteiger partial charge in [-0.05, 0) is 73.2 Å². The molecule has 2 heterocycles. The van der Waals surface area contributed by atoms with Gasteiger partial charge in [0, 0.05) is 24.4 Å². The van der Waals surface area contributed by atoms with Crippen molar-refractivity contribution in [2.75, 3.05) is 35.7 Å². The van der Waals surface area contributed by atoms with Crippen LogP contribution in [0.4, 0.5) is 17.3 Å². The van der Waals surface area contributed by atoms with Crippen molar-refractivity contribution < 1.29 is 26.4 Å². The van der Waals surface area contributed by atoms with E-state index in [2.05, 4.69) is 25.3 Å². The van der Waals surface area contributed by atoms with Gasteiger partial charge in [0.15, 0.2) is 11.6 Å². The highest BCUT2D eigenvalue weighted by Gasteiger charge is 2.25. The first-order chi connectivity index (χ1) is 20.1.